The van der Waals surface area contributed by atoms with Gasteiger partial charge in [0.15, 0.2) is 0 Å². The number of rotatable bonds is 6. The Morgan fingerprint density at radius 2 is 2.19 bits per heavy atom. The molecule has 1 saturated heterocycles. The summed E-state index contributed by atoms with van der Waals surface area (Å²) in [6.45, 7) is 2.57. The van der Waals surface area contributed by atoms with Crippen molar-refractivity contribution in [3.05, 3.63) is 29.8 Å². The Morgan fingerprint density at radius 3 is 2.81 bits per heavy atom. The number of halogens is 1. The fourth-order valence-electron chi connectivity index (χ4n) is 2.15. The van der Waals surface area contributed by atoms with Gasteiger partial charge in [0.1, 0.15) is 11.8 Å². The fraction of sp³-hybridized carbons (Fsp3) is 0.533. The van der Waals surface area contributed by atoms with Gasteiger partial charge in [-0.15, -0.1) is 12.4 Å². The molecule has 0 radical (unpaired) electrons. The van der Waals surface area contributed by atoms with Crippen LogP contribution in [-0.2, 0) is 16.0 Å². The van der Waals surface area contributed by atoms with E-state index in [9.17, 15) is 4.79 Å². The van der Waals surface area contributed by atoms with Gasteiger partial charge >= 0.3 is 0 Å². The van der Waals surface area contributed by atoms with Crippen LogP contribution in [0, 0.1) is 0 Å². The Balaban J connectivity index is 0.00000220. The summed E-state index contributed by atoms with van der Waals surface area (Å²) in [5.41, 5.74) is 1.25. The van der Waals surface area contributed by atoms with Crippen molar-refractivity contribution in [2.24, 2.45) is 0 Å². The zero-order valence-electron chi connectivity index (χ0n) is 12.3. The van der Waals surface area contributed by atoms with Crippen molar-refractivity contribution < 1.29 is 14.3 Å². The maximum absolute atomic E-state index is 11.8. The van der Waals surface area contributed by atoms with Gasteiger partial charge in [0.25, 0.3) is 0 Å². The molecule has 1 heterocycles. The Bertz CT molecular complexity index is 419. The molecule has 0 bridgehead atoms. The van der Waals surface area contributed by atoms with Gasteiger partial charge in [-0.1, -0.05) is 12.1 Å². The zero-order valence-corrected chi connectivity index (χ0v) is 13.1. The Labute approximate surface area is 131 Å². The molecule has 1 aliphatic rings. The minimum atomic E-state index is -0.204. The molecular formula is C15H23ClN2O3. The number of carbonyl (C=O) groups excluding carboxylic acids is 1. The first-order valence-electron chi connectivity index (χ1n) is 7.01. The second-order valence-electron chi connectivity index (χ2n) is 4.82. The van der Waals surface area contributed by atoms with Crippen molar-refractivity contribution >= 4 is 18.3 Å². The van der Waals surface area contributed by atoms with E-state index in [1.807, 2.05) is 12.1 Å². The minimum Gasteiger partial charge on any atom is -0.497 e. The molecule has 2 N–H and O–H groups in total. The lowest BCUT2D eigenvalue weighted by atomic mass is 10.1. The monoisotopic (exact) mass is 314 g/mol. The zero-order chi connectivity index (χ0) is 14.2. The van der Waals surface area contributed by atoms with Crippen molar-refractivity contribution in [1.82, 2.24) is 10.6 Å². The number of benzene rings is 1. The lowest BCUT2D eigenvalue weighted by Crippen LogP contribution is -2.51. The third kappa shape index (κ3) is 5.91. The predicted molar refractivity (Wildman–Crippen MR) is 84.2 cm³/mol. The smallest absolute Gasteiger partial charge is 0.239 e. The molecule has 1 aromatic rings. The van der Waals surface area contributed by atoms with Crippen molar-refractivity contribution in [2.75, 3.05) is 33.4 Å². The summed E-state index contributed by atoms with van der Waals surface area (Å²) >= 11 is 0. The Morgan fingerprint density at radius 1 is 1.43 bits per heavy atom. The molecule has 1 atom stereocenters. The number of morpholine rings is 1. The molecule has 1 aliphatic heterocycles. The first-order chi connectivity index (χ1) is 9.79. The number of hydrogen-bond donors (Lipinski definition) is 2. The van der Waals surface area contributed by atoms with Gasteiger partial charge < -0.3 is 20.1 Å². The van der Waals surface area contributed by atoms with E-state index in [1.165, 1.54) is 5.56 Å². The number of ether oxygens (including phenoxy) is 2. The maximum atomic E-state index is 11.8. The lowest BCUT2D eigenvalue weighted by molar-refractivity contribution is -0.125. The van der Waals surface area contributed by atoms with Gasteiger partial charge in [0.05, 0.1) is 20.3 Å². The molecule has 1 fully saturated rings. The summed E-state index contributed by atoms with van der Waals surface area (Å²) in [5, 5.41) is 6.08. The molecule has 2 rings (SSSR count). The van der Waals surface area contributed by atoms with Crippen LogP contribution in [0.3, 0.4) is 0 Å². The molecule has 0 spiro atoms. The SMILES string of the molecule is COc1ccc(CCCNC(=O)C2COCCN2)cc1.Cl. The summed E-state index contributed by atoms with van der Waals surface area (Å²) in [7, 11) is 1.66. The number of nitrogens with one attached hydrogen (secondary N) is 2. The van der Waals surface area contributed by atoms with Crippen molar-refractivity contribution in [1.29, 1.82) is 0 Å². The number of methoxy groups -OCH3 is 1. The van der Waals surface area contributed by atoms with Crippen LogP contribution in [0.15, 0.2) is 24.3 Å². The molecule has 1 aromatic carbocycles. The molecule has 118 valence electrons. The highest BCUT2D eigenvalue weighted by molar-refractivity contribution is 5.85. The van der Waals surface area contributed by atoms with E-state index in [1.54, 1.807) is 7.11 Å². The fourth-order valence-corrected chi connectivity index (χ4v) is 2.15. The van der Waals surface area contributed by atoms with Crippen LogP contribution in [-0.4, -0.2) is 45.4 Å². The van der Waals surface area contributed by atoms with Gasteiger partial charge in [0, 0.05) is 13.1 Å². The quantitative estimate of drug-likeness (QED) is 0.774. The third-order valence-corrected chi connectivity index (χ3v) is 3.34. The van der Waals surface area contributed by atoms with Crippen LogP contribution in [0.2, 0.25) is 0 Å². The first-order valence-corrected chi connectivity index (χ1v) is 7.01. The highest BCUT2D eigenvalue weighted by Crippen LogP contribution is 2.12. The minimum absolute atomic E-state index is 0. The number of carbonyl (C=O) groups is 1. The van der Waals surface area contributed by atoms with Crippen LogP contribution in [0.4, 0.5) is 0 Å². The summed E-state index contributed by atoms with van der Waals surface area (Å²) in [6.07, 6.45) is 1.87. The largest absolute Gasteiger partial charge is 0.497 e. The third-order valence-electron chi connectivity index (χ3n) is 3.34. The molecule has 21 heavy (non-hydrogen) atoms. The molecule has 1 unspecified atom stereocenters. The molecule has 0 aliphatic carbocycles. The first kappa shape index (κ1) is 17.8. The summed E-state index contributed by atoms with van der Waals surface area (Å²) < 4.78 is 10.4. The van der Waals surface area contributed by atoms with Crippen molar-refractivity contribution in [3.8, 4) is 5.75 Å². The standard InChI is InChI=1S/C15H22N2O3.ClH/c1-19-13-6-4-12(5-7-13)3-2-8-17-15(18)14-11-20-10-9-16-14;/h4-7,14,16H,2-3,8-11H2,1H3,(H,17,18);1H. The molecule has 0 aromatic heterocycles. The normalized spacial score (nSPS) is 17.7. The van der Waals surface area contributed by atoms with Gasteiger partial charge in [0.2, 0.25) is 5.91 Å². The van der Waals surface area contributed by atoms with Crippen molar-refractivity contribution in [3.63, 3.8) is 0 Å². The van der Waals surface area contributed by atoms with Gasteiger partial charge in [-0.05, 0) is 30.5 Å². The van der Waals surface area contributed by atoms with Crippen LogP contribution in [0.1, 0.15) is 12.0 Å². The van der Waals surface area contributed by atoms with E-state index < -0.39 is 0 Å². The van der Waals surface area contributed by atoms with Gasteiger partial charge in [-0.25, -0.2) is 0 Å². The molecule has 6 heteroatoms. The van der Waals surface area contributed by atoms with Gasteiger partial charge in [-0.3, -0.25) is 4.79 Å². The maximum Gasteiger partial charge on any atom is 0.239 e. The Hall–Kier alpha value is -1.30. The number of amides is 1. The van der Waals surface area contributed by atoms with E-state index in [4.69, 9.17) is 9.47 Å². The molecule has 0 saturated carbocycles. The summed E-state index contributed by atoms with van der Waals surface area (Å²) in [6, 6.07) is 7.81. The number of aryl methyl sites for hydroxylation is 1. The second-order valence-corrected chi connectivity index (χ2v) is 4.82. The van der Waals surface area contributed by atoms with E-state index in [-0.39, 0.29) is 24.4 Å². The van der Waals surface area contributed by atoms with Crippen LogP contribution in [0.25, 0.3) is 0 Å². The highest BCUT2D eigenvalue weighted by Gasteiger charge is 2.20. The topological polar surface area (TPSA) is 59.6 Å². The van der Waals surface area contributed by atoms with Crippen LogP contribution < -0.4 is 15.4 Å². The predicted octanol–water partition coefficient (Wildman–Crippen LogP) is 1.15. The van der Waals surface area contributed by atoms with Crippen LogP contribution in [0.5, 0.6) is 5.75 Å². The second kappa shape index (κ2) is 9.60. The number of hydrogen-bond acceptors (Lipinski definition) is 4. The van der Waals surface area contributed by atoms with E-state index in [2.05, 4.69) is 22.8 Å². The lowest BCUT2D eigenvalue weighted by Gasteiger charge is -2.22. The summed E-state index contributed by atoms with van der Waals surface area (Å²) in [4.78, 5) is 11.8. The Kier molecular flexibility index (Phi) is 8.12. The van der Waals surface area contributed by atoms with E-state index in [0.717, 1.165) is 25.1 Å². The molecule has 5 nitrogen and oxygen atoms in total. The van der Waals surface area contributed by atoms with Crippen molar-refractivity contribution in [2.45, 2.75) is 18.9 Å². The average molecular weight is 315 g/mol. The average Bonchev–Trinajstić information content (AvgIpc) is 2.53. The highest BCUT2D eigenvalue weighted by atomic mass is 35.5. The van der Waals surface area contributed by atoms with E-state index >= 15 is 0 Å². The molecule has 1 amide bonds. The van der Waals surface area contributed by atoms with Gasteiger partial charge in [-0.2, -0.15) is 0 Å². The summed E-state index contributed by atoms with van der Waals surface area (Å²) in [5.74, 6) is 0.893. The molecular weight excluding hydrogens is 292 g/mol. The van der Waals surface area contributed by atoms with E-state index in [0.29, 0.717) is 19.8 Å². The van der Waals surface area contributed by atoms with Crippen LogP contribution >= 0.6 is 12.4 Å².